The molecule has 0 aliphatic heterocycles. The summed E-state index contributed by atoms with van der Waals surface area (Å²) in [5.41, 5.74) is 0. The van der Waals surface area contributed by atoms with Crippen molar-refractivity contribution in [3.8, 4) is 0 Å². The molecule has 6 heteroatoms. The van der Waals surface area contributed by atoms with Gasteiger partial charge in [-0.1, -0.05) is 250 Å². The van der Waals surface area contributed by atoms with Crippen molar-refractivity contribution < 1.29 is 24.5 Å². The monoisotopic (exact) mass is 900 g/mol. The number of aliphatic hydroxyl groups excluding tert-OH is 2. The van der Waals surface area contributed by atoms with Crippen LogP contribution in [0.15, 0.2) is 36.5 Å². The van der Waals surface area contributed by atoms with E-state index in [0.717, 1.165) is 51.4 Å². The van der Waals surface area contributed by atoms with Gasteiger partial charge in [0.15, 0.2) is 0 Å². The highest BCUT2D eigenvalue weighted by molar-refractivity contribution is 5.77. The highest BCUT2D eigenvalue weighted by Crippen LogP contribution is 2.18. The molecule has 0 aromatic carbocycles. The maximum absolute atomic E-state index is 13.2. The molecule has 1 amide bonds. The molecule has 6 nitrogen and oxygen atoms in total. The third-order valence-corrected chi connectivity index (χ3v) is 13.0. The molecule has 0 aliphatic rings. The second-order valence-electron chi connectivity index (χ2n) is 19.3. The molecule has 0 rings (SSSR count). The molecule has 0 spiro atoms. The summed E-state index contributed by atoms with van der Waals surface area (Å²) < 4.78 is 5.91. The lowest BCUT2D eigenvalue weighted by atomic mass is 10.0. The molecule has 0 aromatic heterocycles. The predicted octanol–water partition coefficient (Wildman–Crippen LogP) is 17.2. The molecule has 3 unspecified atom stereocenters. The number of unbranched alkanes of at least 4 members (excludes halogenated alkanes) is 33. The smallest absolute Gasteiger partial charge is 0.306 e. The fraction of sp³-hybridized carbons (Fsp3) is 0.862. The van der Waals surface area contributed by atoms with Crippen molar-refractivity contribution in [3.05, 3.63) is 36.5 Å². The van der Waals surface area contributed by atoms with Crippen molar-refractivity contribution in [2.45, 2.75) is 315 Å². The summed E-state index contributed by atoms with van der Waals surface area (Å²) in [5.74, 6) is -0.546. The molecule has 0 aromatic rings. The Morgan fingerprint density at radius 3 is 1.20 bits per heavy atom. The van der Waals surface area contributed by atoms with Crippen LogP contribution in [0.4, 0.5) is 0 Å². The molecular formula is C58H109NO5. The van der Waals surface area contributed by atoms with Gasteiger partial charge in [-0.25, -0.2) is 0 Å². The third-order valence-electron chi connectivity index (χ3n) is 13.0. The van der Waals surface area contributed by atoms with Gasteiger partial charge in [0.05, 0.1) is 25.2 Å². The van der Waals surface area contributed by atoms with Gasteiger partial charge in [0.2, 0.25) is 5.91 Å². The number of aliphatic hydroxyl groups is 2. The number of esters is 1. The topological polar surface area (TPSA) is 95.9 Å². The van der Waals surface area contributed by atoms with E-state index in [1.807, 2.05) is 0 Å². The van der Waals surface area contributed by atoms with Crippen molar-refractivity contribution in [1.29, 1.82) is 0 Å². The molecule has 0 saturated carbocycles. The van der Waals surface area contributed by atoms with Gasteiger partial charge >= 0.3 is 5.97 Å². The quantitative estimate of drug-likeness (QED) is 0.0321. The lowest BCUT2D eigenvalue weighted by Crippen LogP contribution is -2.46. The Hall–Kier alpha value is -1.92. The van der Waals surface area contributed by atoms with Crippen molar-refractivity contribution in [1.82, 2.24) is 5.32 Å². The van der Waals surface area contributed by atoms with Crippen molar-refractivity contribution in [3.63, 3.8) is 0 Å². The van der Waals surface area contributed by atoms with Gasteiger partial charge in [-0.3, -0.25) is 9.59 Å². The molecule has 64 heavy (non-hydrogen) atoms. The first kappa shape index (κ1) is 62.1. The number of amides is 1. The van der Waals surface area contributed by atoms with E-state index in [1.165, 1.54) is 193 Å². The maximum Gasteiger partial charge on any atom is 0.306 e. The third kappa shape index (κ3) is 46.6. The van der Waals surface area contributed by atoms with Crippen LogP contribution in [0.5, 0.6) is 0 Å². The van der Waals surface area contributed by atoms with Gasteiger partial charge in [0, 0.05) is 6.42 Å². The minimum absolute atomic E-state index is 0.0551. The van der Waals surface area contributed by atoms with E-state index in [1.54, 1.807) is 0 Å². The van der Waals surface area contributed by atoms with E-state index in [-0.39, 0.29) is 24.9 Å². The summed E-state index contributed by atoms with van der Waals surface area (Å²) in [4.78, 5) is 26.2. The molecule has 3 atom stereocenters. The first-order chi connectivity index (χ1) is 31.5. The van der Waals surface area contributed by atoms with E-state index in [4.69, 9.17) is 4.74 Å². The zero-order chi connectivity index (χ0) is 46.7. The van der Waals surface area contributed by atoms with E-state index in [9.17, 15) is 19.8 Å². The molecule has 0 heterocycles. The average Bonchev–Trinajstić information content (AvgIpc) is 3.29. The van der Waals surface area contributed by atoms with Crippen LogP contribution in [0.25, 0.3) is 0 Å². The van der Waals surface area contributed by atoms with Crippen molar-refractivity contribution in [2.24, 2.45) is 0 Å². The van der Waals surface area contributed by atoms with E-state index in [0.29, 0.717) is 25.7 Å². The Balaban J connectivity index is 4.60. The zero-order valence-electron chi connectivity index (χ0n) is 42.9. The van der Waals surface area contributed by atoms with Gasteiger partial charge < -0.3 is 20.3 Å². The van der Waals surface area contributed by atoms with Crippen molar-refractivity contribution >= 4 is 11.9 Å². The predicted molar refractivity (Wildman–Crippen MR) is 278 cm³/mol. The fourth-order valence-corrected chi connectivity index (χ4v) is 8.66. The second-order valence-corrected chi connectivity index (χ2v) is 19.3. The first-order valence-corrected chi connectivity index (χ1v) is 28.2. The highest BCUT2D eigenvalue weighted by Gasteiger charge is 2.24. The molecule has 0 saturated heterocycles. The summed E-state index contributed by atoms with van der Waals surface area (Å²) in [6.07, 6.45) is 62.2. The van der Waals surface area contributed by atoms with Gasteiger partial charge in [-0.2, -0.15) is 0 Å². The summed E-state index contributed by atoms with van der Waals surface area (Å²) >= 11 is 0. The van der Waals surface area contributed by atoms with Gasteiger partial charge in [0.1, 0.15) is 6.10 Å². The fourth-order valence-electron chi connectivity index (χ4n) is 8.66. The Labute approximate surface area is 398 Å². The number of carbonyl (C=O) groups is 2. The molecule has 3 N–H and O–H groups in total. The van der Waals surface area contributed by atoms with Crippen molar-refractivity contribution in [2.75, 3.05) is 6.61 Å². The summed E-state index contributed by atoms with van der Waals surface area (Å²) in [7, 11) is 0. The number of allylic oxidation sites excluding steroid dienone is 6. The Kier molecular flexibility index (Phi) is 50.5. The molecule has 0 bridgehead atoms. The number of nitrogens with one attached hydrogen (secondary N) is 1. The van der Waals surface area contributed by atoms with Crippen LogP contribution in [0.1, 0.15) is 297 Å². The number of hydrogen-bond acceptors (Lipinski definition) is 5. The normalized spacial score (nSPS) is 13.4. The molecule has 0 radical (unpaired) electrons. The Morgan fingerprint density at radius 2 is 0.797 bits per heavy atom. The van der Waals surface area contributed by atoms with Crippen LogP contribution in [-0.2, 0) is 14.3 Å². The number of carbonyl (C=O) groups excluding carboxylic acids is 2. The summed E-state index contributed by atoms with van der Waals surface area (Å²) in [6.45, 7) is 6.49. The van der Waals surface area contributed by atoms with E-state index >= 15 is 0 Å². The van der Waals surface area contributed by atoms with Crippen LogP contribution < -0.4 is 5.32 Å². The Morgan fingerprint density at radius 1 is 0.453 bits per heavy atom. The Bertz CT molecular complexity index is 1060. The minimum atomic E-state index is -0.796. The summed E-state index contributed by atoms with van der Waals surface area (Å²) in [5, 5.41) is 23.8. The zero-order valence-corrected chi connectivity index (χ0v) is 42.9. The van der Waals surface area contributed by atoms with Crippen LogP contribution in [0.2, 0.25) is 0 Å². The minimum Gasteiger partial charge on any atom is -0.462 e. The average molecular weight is 901 g/mol. The number of hydrogen-bond donors (Lipinski definition) is 3. The van der Waals surface area contributed by atoms with Gasteiger partial charge in [0.25, 0.3) is 0 Å². The SMILES string of the molecule is CCCCCCCC/C=C\C/C=C/CCC(=O)OC(CCCCCCCCC/C=C/CCCCCCCC)CC(=O)NC(CO)C(O)CCCCCCCCCCCCCCCCC. The van der Waals surface area contributed by atoms with Crippen LogP contribution in [0, 0.1) is 0 Å². The molecule has 0 aliphatic carbocycles. The standard InChI is InChI=1S/C58H109NO5/c1-4-7-10-13-16-19-22-25-27-28-30-32-34-37-40-43-46-49-54(64-58(63)51-48-45-42-39-36-31-24-21-18-15-12-9-6-3)52-57(62)59-55(53-60)56(61)50-47-44-41-38-35-33-29-26-23-20-17-14-11-8-5-2/h25,27,31,36,42,45,54-56,60-61H,4-24,26,28-30,32-35,37-41,43-44,46-53H2,1-3H3,(H,59,62)/b27-25+,36-31-,45-42+. The number of rotatable bonds is 51. The second kappa shape index (κ2) is 52.1. The molecular weight excluding hydrogens is 791 g/mol. The first-order valence-electron chi connectivity index (χ1n) is 28.2. The maximum atomic E-state index is 13.2. The highest BCUT2D eigenvalue weighted by atomic mass is 16.5. The van der Waals surface area contributed by atoms with E-state index in [2.05, 4.69) is 62.5 Å². The molecule has 376 valence electrons. The van der Waals surface area contributed by atoms with Crippen LogP contribution >= 0.6 is 0 Å². The van der Waals surface area contributed by atoms with Gasteiger partial charge in [-0.05, 0) is 70.6 Å². The van der Waals surface area contributed by atoms with E-state index < -0.39 is 18.2 Å². The summed E-state index contributed by atoms with van der Waals surface area (Å²) in [6, 6.07) is -0.712. The van der Waals surface area contributed by atoms with Crippen LogP contribution in [-0.4, -0.2) is 46.9 Å². The van der Waals surface area contributed by atoms with Gasteiger partial charge in [-0.15, -0.1) is 0 Å². The largest absolute Gasteiger partial charge is 0.462 e. The molecule has 0 fully saturated rings. The lowest BCUT2D eigenvalue weighted by Gasteiger charge is -2.24. The van der Waals surface area contributed by atoms with Crippen LogP contribution in [0.3, 0.4) is 0 Å². The lowest BCUT2D eigenvalue weighted by molar-refractivity contribution is -0.150. The number of ether oxygens (including phenoxy) is 1.